The van der Waals surface area contributed by atoms with Crippen molar-refractivity contribution in [3.05, 3.63) is 76.3 Å². The number of carbonyl (C=O) groups is 6. The Kier molecular flexibility index (Phi) is 12.0. The van der Waals surface area contributed by atoms with Gasteiger partial charge in [0.05, 0.1) is 11.2 Å². The molecule has 2 aromatic rings. The lowest BCUT2D eigenvalue weighted by Gasteiger charge is -2.25. The minimum Gasteiger partial charge on any atom is -0.469 e. The molecule has 0 spiro atoms. The number of ketones is 1. The van der Waals surface area contributed by atoms with E-state index in [0.717, 1.165) is 25.0 Å². The quantitative estimate of drug-likeness (QED) is 0.200. The highest BCUT2D eigenvalue weighted by Crippen LogP contribution is 2.36. The van der Waals surface area contributed by atoms with E-state index in [1.165, 1.54) is 30.5 Å². The van der Waals surface area contributed by atoms with Gasteiger partial charge in [0, 0.05) is 49.9 Å². The summed E-state index contributed by atoms with van der Waals surface area (Å²) in [5, 5.41) is 21.7. The van der Waals surface area contributed by atoms with Crippen LogP contribution in [0.15, 0.2) is 59.2 Å². The van der Waals surface area contributed by atoms with Gasteiger partial charge in [0.1, 0.15) is 23.9 Å². The van der Waals surface area contributed by atoms with E-state index in [1.54, 1.807) is 12.1 Å². The molecule has 4 atom stereocenters. The molecule has 250 valence electrons. The number of nitro benzene ring substituents is 1. The molecule has 1 aliphatic carbocycles. The largest absolute Gasteiger partial charge is 0.469 e. The second-order valence-electron chi connectivity index (χ2n) is 11.8. The fourth-order valence-corrected chi connectivity index (χ4v) is 5.26. The number of carbonyl (C=O) groups excluding carboxylic acids is 6. The second-order valence-corrected chi connectivity index (χ2v) is 11.8. The molecule has 6 N–H and O–H groups in total. The number of nitro groups is 1. The summed E-state index contributed by atoms with van der Waals surface area (Å²) >= 11 is 0. The van der Waals surface area contributed by atoms with E-state index >= 15 is 0 Å². The predicted octanol–water partition coefficient (Wildman–Crippen LogP) is 0.754. The first-order valence-corrected chi connectivity index (χ1v) is 15.4. The first-order chi connectivity index (χ1) is 22.5. The lowest BCUT2D eigenvalue weighted by Crippen LogP contribution is -2.56. The minimum absolute atomic E-state index is 0.0402. The molecule has 47 heavy (non-hydrogen) atoms. The van der Waals surface area contributed by atoms with Crippen molar-refractivity contribution in [1.29, 1.82) is 0 Å². The molecule has 15 nitrogen and oxygen atoms in total. The Hall–Kier alpha value is -5.34. The molecule has 2 heterocycles. The normalized spacial score (nSPS) is 23.7. The van der Waals surface area contributed by atoms with Crippen LogP contribution in [0.4, 0.5) is 5.69 Å². The molecule has 15 heteroatoms. The van der Waals surface area contributed by atoms with Gasteiger partial charge in [0.25, 0.3) is 5.69 Å². The van der Waals surface area contributed by atoms with Crippen LogP contribution in [0.5, 0.6) is 0 Å². The molecule has 5 amide bonds. The number of benzene rings is 1. The number of hydrogen-bond acceptors (Lipinski definition) is 9. The van der Waals surface area contributed by atoms with E-state index in [-0.39, 0.29) is 50.3 Å². The molecule has 4 unspecified atom stereocenters. The van der Waals surface area contributed by atoms with Crippen molar-refractivity contribution in [1.82, 2.24) is 21.3 Å². The molecule has 0 radical (unpaired) electrons. The number of nitrogens with two attached hydrogens (primary N) is 1. The molecule has 2 aliphatic rings. The number of allylic oxidation sites excluding steroid dienone is 1. The number of nitrogens with zero attached hydrogens (tertiary/aromatic N) is 1. The second kappa shape index (κ2) is 16.3. The molecule has 0 bridgehead atoms. The first-order valence-electron chi connectivity index (χ1n) is 15.4. The van der Waals surface area contributed by atoms with Crippen molar-refractivity contribution in [2.75, 3.05) is 6.54 Å². The van der Waals surface area contributed by atoms with Gasteiger partial charge in [-0.25, -0.2) is 0 Å². The van der Waals surface area contributed by atoms with Crippen LogP contribution in [0.3, 0.4) is 0 Å². The zero-order valence-corrected chi connectivity index (χ0v) is 25.6. The van der Waals surface area contributed by atoms with Gasteiger partial charge in [-0.1, -0.05) is 25.0 Å². The number of nitrogens with one attached hydrogen (secondary N) is 4. The van der Waals surface area contributed by atoms with Gasteiger partial charge in [-0.2, -0.15) is 0 Å². The lowest BCUT2D eigenvalue weighted by atomic mass is 9.94. The van der Waals surface area contributed by atoms with Gasteiger partial charge >= 0.3 is 0 Å². The Balaban J connectivity index is 1.62. The molecule has 1 fully saturated rings. The summed E-state index contributed by atoms with van der Waals surface area (Å²) in [6.07, 6.45) is 5.66. The summed E-state index contributed by atoms with van der Waals surface area (Å²) in [5.41, 5.74) is 5.83. The van der Waals surface area contributed by atoms with Gasteiger partial charge in [-0.3, -0.25) is 38.9 Å². The molecule has 1 aliphatic heterocycles. The Labute approximate surface area is 270 Å². The minimum atomic E-state index is -1.18. The fourth-order valence-electron chi connectivity index (χ4n) is 5.26. The third kappa shape index (κ3) is 10.9. The molecule has 1 aromatic carbocycles. The van der Waals surface area contributed by atoms with E-state index in [1.807, 2.05) is 0 Å². The van der Waals surface area contributed by atoms with Gasteiger partial charge in [-0.15, -0.1) is 0 Å². The average molecular weight is 651 g/mol. The molecule has 1 saturated carbocycles. The Bertz CT molecular complexity index is 1500. The Morgan fingerprint density at radius 3 is 2.23 bits per heavy atom. The SMILES string of the molecule is NC(=O)C1CCCNC(=O)C(Cc2ccc([N+](=O)[O-])cc2)NC(=O)C(Cc2ccco2)NC(=O)C(CC2CC2)CC(=O)C=CC(=O)N1. The fraction of sp³-hybridized carbons (Fsp3) is 0.438. The summed E-state index contributed by atoms with van der Waals surface area (Å²) in [7, 11) is 0. The number of hydrogen-bond donors (Lipinski definition) is 5. The van der Waals surface area contributed by atoms with Crippen LogP contribution in [-0.2, 0) is 41.6 Å². The van der Waals surface area contributed by atoms with Crippen LogP contribution < -0.4 is 27.0 Å². The zero-order chi connectivity index (χ0) is 33.9. The highest BCUT2D eigenvalue weighted by molar-refractivity contribution is 6.01. The Morgan fingerprint density at radius 1 is 0.894 bits per heavy atom. The molecule has 0 saturated heterocycles. The van der Waals surface area contributed by atoms with Crippen molar-refractivity contribution in [2.45, 2.75) is 69.5 Å². The maximum absolute atomic E-state index is 13.8. The number of amides is 5. The summed E-state index contributed by atoms with van der Waals surface area (Å²) in [6, 6.07) is 5.36. The zero-order valence-electron chi connectivity index (χ0n) is 25.6. The topological polar surface area (TPSA) is 233 Å². The van der Waals surface area contributed by atoms with Gasteiger partial charge in [0.2, 0.25) is 29.5 Å². The maximum atomic E-state index is 13.8. The Morgan fingerprint density at radius 2 is 1.60 bits per heavy atom. The third-order valence-corrected chi connectivity index (χ3v) is 8.02. The van der Waals surface area contributed by atoms with E-state index < -0.39 is 64.3 Å². The van der Waals surface area contributed by atoms with Gasteiger partial charge in [0.15, 0.2) is 5.78 Å². The van der Waals surface area contributed by atoms with Crippen molar-refractivity contribution in [3.8, 4) is 0 Å². The number of furan rings is 1. The molecule has 4 rings (SSSR count). The number of non-ortho nitro benzene ring substituents is 1. The van der Waals surface area contributed by atoms with Crippen LogP contribution in [-0.4, -0.2) is 64.9 Å². The number of primary amides is 1. The van der Waals surface area contributed by atoms with Crippen molar-refractivity contribution < 1.29 is 38.1 Å². The lowest BCUT2D eigenvalue weighted by molar-refractivity contribution is -0.384. The maximum Gasteiger partial charge on any atom is 0.269 e. The molecule has 1 aromatic heterocycles. The summed E-state index contributed by atoms with van der Waals surface area (Å²) in [5.74, 6) is -3.98. The summed E-state index contributed by atoms with van der Waals surface area (Å²) < 4.78 is 5.43. The van der Waals surface area contributed by atoms with Crippen molar-refractivity contribution >= 4 is 41.0 Å². The highest BCUT2D eigenvalue weighted by Gasteiger charge is 2.34. The van der Waals surface area contributed by atoms with E-state index in [2.05, 4.69) is 21.3 Å². The molecular weight excluding hydrogens is 612 g/mol. The van der Waals surface area contributed by atoms with Gasteiger partial charge in [-0.05, 0) is 49.0 Å². The first kappa shape index (κ1) is 34.5. The summed E-state index contributed by atoms with van der Waals surface area (Å²) in [4.78, 5) is 88.6. The van der Waals surface area contributed by atoms with Crippen LogP contribution in [0, 0.1) is 22.0 Å². The van der Waals surface area contributed by atoms with Crippen LogP contribution in [0.25, 0.3) is 0 Å². The monoisotopic (exact) mass is 650 g/mol. The van der Waals surface area contributed by atoms with Crippen molar-refractivity contribution in [2.24, 2.45) is 17.6 Å². The van der Waals surface area contributed by atoms with Crippen molar-refractivity contribution in [3.63, 3.8) is 0 Å². The standard InChI is InChI=1S/C32H38N6O9/c33-29(41)25-4-1-13-34-31(43)26(16-20-7-9-22(10-8-20)38(45)46)37-32(44)27(18-24-3-2-14-47-24)36-30(42)21(15-19-5-6-19)17-23(39)11-12-28(40)35-25/h2-3,7-12,14,19,21,25-27H,1,4-6,13,15-18H2,(H2,33,41)(H,34,43)(H,35,40)(H,36,42)(H,37,44). The summed E-state index contributed by atoms with van der Waals surface area (Å²) in [6.45, 7) is 0.0504. The average Bonchev–Trinajstić information content (AvgIpc) is 3.70. The van der Waals surface area contributed by atoms with Crippen LogP contribution >= 0.6 is 0 Å². The van der Waals surface area contributed by atoms with E-state index in [4.69, 9.17) is 10.2 Å². The third-order valence-electron chi connectivity index (χ3n) is 8.02. The van der Waals surface area contributed by atoms with Crippen LogP contribution in [0.1, 0.15) is 49.8 Å². The van der Waals surface area contributed by atoms with Gasteiger partial charge < -0.3 is 31.4 Å². The molecular formula is C32H38N6O9. The predicted molar refractivity (Wildman–Crippen MR) is 166 cm³/mol. The smallest absolute Gasteiger partial charge is 0.269 e. The van der Waals surface area contributed by atoms with E-state index in [9.17, 15) is 38.9 Å². The highest BCUT2D eigenvalue weighted by atomic mass is 16.6. The van der Waals surface area contributed by atoms with Crippen LogP contribution in [0.2, 0.25) is 0 Å². The van der Waals surface area contributed by atoms with E-state index in [0.29, 0.717) is 17.7 Å². The number of rotatable bonds is 8.